The highest BCUT2D eigenvalue weighted by Gasteiger charge is 2.22. The Kier molecular flexibility index (Phi) is 10.2. The fourth-order valence-electron chi connectivity index (χ4n) is 4.53. The Morgan fingerprint density at radius 2 is 1.72 bits per heavy atom. The fraction of sp³-hybridized carbons (Fsp3) is 0.429. The van der Waals surface area contributed by atoms with Gasteiger partial charge in [-0.1, -0.05) is 25.1 Å². The lowest BCUT2D eigenvalue weighted by molar-refractivity contribution is 0.122. The van der Waals surface area contributed by atoms with Gasteiger partial charge in [-0.05, 0) is 47.5 Å². The zero-order valence-electron chi connectivity index (χ0n) is 22.6. The lowest BCUT2D eigenvalue weighted by atomic mass is 10.1. The van der Waals surface area contributed by atoms with E-state index in [1.165, 1.54) is 0 Å². The quantitative estimate of drug-likeness (QED) is 0.319. The number of anilines is 1. The molecule has 2 heterocycles. The largest absolute Gasteiger partial charge is 0.493 e. The SMILES string of the molecule is CCNS(=O)(=O)c1ccccc1Cc1nc(Cc2cc(OCC)c(N3CCOCC3)cc2OCC)ncc1Br. The lowest BCUT2D eigenvalue weighted by Gasteiger charge is -2.31. The number of hydrogen-bond acceptors (Lipinski definition) is 8. The van der Waals surface area contributed by atoms with Crippen molar-refractivity contribution in [1.29, 1.82) is 0 Å². The molecule has 1 aliphatic rings. The van der Waals surface area contributed by atoms with E-state index in [4.69, 9.17) is 19.2 Å². The first-order valence-corrected chi connectivity index (χ1v) is 15.5. The number of sulfonamides is 1. The third-order valence-electron chi connectivity index (χ3n) is 6.26. The molecule has 3 aromatic rings. The van der Waals surface area contributed by atoms with E-state index in [0.717, 1.165) is 35.8 Å². The van der Waals surface area contributed by atoms with Gasteiger partial charge in [-0.3, -0.25) is 0 Å². The van der Waals surface area contributed by atoms with Crippen molar-refractivity contribution in [3.63, 3.8) is 0 Å². The van der Waals surface area contributed by atoms with Crippen LogP contribution in [0.1, 0.15) is 43.4 Å². The number of ether oxygens (including phenoxy) is 3. The molecule has 39 heavy (non-hydrogen) atoms. The van der Waals surface area contributed by atoms with Gasteiger partial charge in [0.05, 0.1) is 47.2 Å². The summed E-state index contributed by atoms with van der Waals surface area (Å²) in [5.74, 6) is 2.15. The minimum atomic E-state index is -3.62. The molecule has 0 atom stereocenters. The standard InChI is InChI=1S/C28H35BrN4O5S/c1-4-31-39(34,35)27-10-8-7-9-20(27)15-23-22(29)19-30-28(32-23)17-21-16-26(38-6-3)24(18-25(21)37-5-2)33-11-13-36-14-12-33/h7-10,16,18-19,31H,4-6,11-15,17H2,1-3H3. The summed E-state index contributed by atoms with van der Waals surface area (Å²) in [6, 6.07) is 11.0. The van der Waals surface area contributed by atoms with Crippen LogP contribution in [-0.2, 0) is 27.6 Å². The van der Waals surface area contributed by atoms with Crippen LogP contribution in [0.3, 0.4) is 0 Å². The van der Waals surface area contributed by atoms with Gasteiger partial charge in [0.15, 0.2) is 0 Å². The molecule has 210 valence electrons. The van der Waals surface area contributed by atoms with Gasteiger partial charge in [0.25, 0.3) is 0 Å². The molecule has 2 aromatic carbocycles. The van der Waals surface area contributed by atoms with E-state index in [0.29, 0.717) is 67.4 Å². The maximum Gasteiger partial charge on any atom is 0.240 e. The molecule has 0 aliphatic carbocycles. The van der Waals surface area contributed by atoms with Gasteiger partial charge < -0.3 is 19.1 Å². The molecule has 4 rings (SSSR count). The number of nitrogens with zero attached hydrogens (tertiary/aromatic N) is 3. The first-order chi connectivity index (χ1) is 18.9. The number of hydrogen-bond donors (Lipinski definition) is 1. The molecule has 1 saturated heterocycles. The van der Waals surface area contributed by atoms with Crippen molar-refractivity contribution in [2.75, 3.05) is 51.0 Å². The van der Waals surface area contributed by atoms with Gasteiger partial charge in [-0.15, -0.1) is 0 Å². The summed E-state index contributed by atoms with van der Waals surface area (Å²) in [6.07, 6.45) is 2.47. The van der Waals surface area contributed by atoms with E-state index in [1.54, 1.807) is 25.3 Å². The molecule has 0 saturated carbocycles. The Bertz CT molecular complexity index is 1380. The number of aromatic nitrogens is 2. The summed E-state index contributed by atoms with van der Waals surface area (Å²) in [7, 11) is -3.62. The monoisotopic (exact) mass is 618 g/mol. The van der Waals surface area contributed by atoms with Crippen molar-refractivity contribution in [3.05, 3.63) is 69.7 Å². The second kappa shape index (κ2) is 13.6. The molecule has 1 N–H and O–H groups in total. The normalized spacial score (nSPS) is 13.9. The van der Waals surface area contributed by atoms with E-state index in [2.05, 4.69) is 30.5 Å². The van der Waals surface area contributed by atoms with Gasteiger partial charge in [0, 0.05) is 50.3 Å². The van der Waals surface area contributed by atoms with Gasteiger partial charge in [-0.25, -0.2) is 23.1 Å². The summed E-state index contributed by atoms with van der Waals surface area (Å²) in [6.45, 7) is 9.98. The number of benzene rings is 2. The third kappa shape index (κ3) is 7.27. The van der Waals surface area contributed by atoms with Crippen molar-refractivity contribution in [2.24, 2.45) is 0 Å². The van der Waals surface area contributed by atoms with Crippen LogP contribution in [0, 0.1) is 0 Å². The van der Waals surface area contributed by atoms with Crippen LogP contribution in [0.5, 0.6) is 11.5 Å². The average Bonchev–Trinajstić information content (AvgIpc) is 2.93. The Hall–Kier alpha value is -2.73. The summed E-state index contributed by atoms with van der Waals surface area (Å²) in [5.41, 5.74) is 3.27. The summed E-state index contributed by atoms with van der Waals surface area (Å²) >= 11 is 3.55. The average molecular weight is 620 g/mol. The second-order valence-corrected chi connectivity index (χ2v) is 11.5. The lowest BCUT2D eigenvalue weighted by Crippen LogP contribution is -2.36. The Morgan fingerprint density at radius 3 is 2.44 bits per heavy atom. The van der Waals surface area contributed by atoms with Crippen LogP contribution in [0.2, 0.25) is 0 Å². The number of nitrogens with one attached hydrogen (secondary N) is 1. The van der Waals surface area contributed by atoms with Crippen LogP contribution < -0.4 is 19.1 Å². The number of halogens is 1. The molecule has 0 unspecified atom stereocenters. The predicted octanol–water partition coefficient (Wildman–Crippen LogP) is 4.35. The Morgan fingerprint density at radius 1 is 1.00 bits per heavy atom. The maximum absolute atomic E-state index is 12.8. The maximum atomic E-state index is 12.8. The van der Waals surface area contributed by atoms with Crippen molar-refractivity contribution >= 4 is 31.6 Å². The van der Waals surface area contributed by atoms with Gasteiger partial charge in [0.2, 0.25) is 10.0 Å². The summed E-state index contributed by atoms with van der Waals surface area (Å²) in [4.78, 5) is 11.9. The van der Waals surface area contributed by atoms with Crippen molar-refractivity contribution in [1.82, 2.24) is 14.7 Å². The highest BCUT2D eigenvalue weighted by Crippen LogP contribution is 2.37. The molecule has 0 bridgehead atoms. The highest BCUT2D eigenvalue weighted by atomic mass is 79.9. The third-order valence-corrected chi connectivity index (χ3v) is 8.57. The van der Waals surface area contributed by atoms with E-state index in [9.17, 15) is 8.42 Å². The van der Waals surface area contributed by atoms with Crippen LogP contribution in [0.15, 0.2) is 52.0 Å². The van der Waals surface area contributed by atoms with E-state index in [1.807, 2.05) is 38.1 Å². The molecule has 1 aromatic heterocycles. The molecule has 1 aliphatic heterocycles. The van der Waals surface area contributed by atoms with E-state index < -0.39 is 10.0 Å². The van der Waals surface area contributed by atoms with Gasteiger partial charge >= 0.3 is 0 Å². The van der Waals surface area contributed by atoms with E-state index >= 15 is 0 Å². The smallest absolute Gasteiger partial charge is 0.240 e. The Balaban J connectivity index is 1.67. The van der Waals surface area contributed by atoms with E-state index in [-0.39, 0.29) is 4.90 Å². The topological polar surface area (TPSA) is 103 Å². The summed E-state index contributed by atoms with van der Waals surface area (Å²) in [5, 5.41) is 0. The van der Waals surface area contributed by atoms with Gasteiger partial charge in [-0.2, -0.15) is 0 Å². The molecular formula is C28H35BrN4O5S. The van der Waals surface area contributed by atoms with Crippen LogP contribution >= 0.6 is 15.9 Å². The molecule has 11 heteroatoms. The van der Waals surface area contributed by atoms with Crippen molar-refractivity contribution < 1.29 is 22.6 Å². The molecule has 1 fully saturated rings. The van der Waals surface area contributed by atoms with Crippen LogP contribution in [0.25, 0.3) is 0 Å². The number of morpholine rings is 1. The zero-order valence-corrected chi connectivity index (χ0v) is 25.0. The Labute approximate surface area is 239 Å². The molecule has 0 amide bonds. The summed E-state index contributed by atoms with van der Waals surface area (Å²) < 4.78 is 46.4. The van der Waals surface area contributed by atoms with Crippen LogP contribution in [0.4, 0.5) is 5.69 Å². The van der Waals surface area contributed by atoms with Crippen molar-refractivity contribution in [2.45, 2.75) is 38.5 Å². The zero-order chi connectivity index (χ0) is 27.8. The van der Waals surface area contributed by atoms with Crippen molar-refractivity contribution in [3.8, 4) is 11.5 Å². The molecule has 0 radical (unpaired) electrons. The fourth-order valence-corrected chi connectivity index (χ4v) is 6.14. The van der Waals surface area contributed by atoms with Gasteiger partial charge in [0.1, 0.15) is 17.3 Å². The number of rotatable bonds is 12. The second-order valence-electron chi connectivity index (χ2n) is 8.94. The predicted molar refractivity (Wildman–Crippen MR) is 154 cm³/mol. The molecule has 0 spiro atoms. The highest BCUT2D eigenvalue weighted by molar-refractivity contribution is 9.10. The molecule has 9 nitrogen and oxygen atoms in total. The van der Waals surface area contributed by atoms with Crippen LogP contribution in [-0.4, -0.2) is 64.4 Å². The first-order valence-electron chi connectivity index (χ1n) is 13.2. The minimum Gasteiger partial charge on any atom is -0.493 e. The first kappa shape index (κ1) is 29.3. The minimum absolute atomic E-state index is 0.248. The molecular weight excluding hydrogens is 584 g/mol.